The van der Waals surface area contributed by atoms with Gasteiger partial charge >= 0.3 is 5.97 Å². The number of nitrogens with two attached hydrogens (primary N) is 2. The summed E-state index contributed by atoms with van der Waals surface area (Å²) in [5.74, 6) is -4.22. The molecule has 0 heterocycles. The number of aliphatic carboxylic acids is 1. The van der Waals surface area contributed by atoms with Crippen LogP contribution in [0.2, 0.25) is 0 Å². The summed E-state index contributed by atoms with van der Waals surface area (Å²) >= 11 is 0. The zero-order valence-corrected chi connectivity index (χ0v) is 17.4. The molecule has 0 radical (unpaired) electrons. The van der Waals surface area contributed by atoms with E-state index >= 15 is 0 Å². The van der Waals surface area contributed by atoms with E-state index in [-0.39, 0.29) is 24.7 Å². The van der Waals surface area contributed by atoms with Crippen LogP contribution in [0.1, 0.15) is 47.0 Å². The zero-order chi connectivity index (χ0) is 22.7. The van der Waals surface area contributed by atoms with Gasteiger partial charge < -0.3 is 32.5 Å². The molecule has 29 heavy (non-hydrogen) atoms. The van der Waals surface area contributed by atoms with Crippen LogP contribution in [0.3, 0.4) is 0 Å². The van der Waals surface area contributed by atoms with Crippen molar-refractivity contribution in [3.05, 3.63) is 0 Å². The van der Waals surface area contributed by atoms with Crippen molar-refractivity contribution < 1.29 is 29.1 Å². The second-order valence-corrected chi connectivity index (χ2v) is 7.33. The van der Waals surface area contributed by atoms with Crippen LogP contribution in [0.4, 0.5) is 0 Å². The van der Waals surface area contributed by atoms with Gasteiger partial charge in [0, 0.05) is 6.42 Å². The number of rotatable bonds is 13. The molecule has 0 bridgehead atoms. The Hall–Kier alpha value is -2.69. The molecule has 0 rings (SSSR count). The maximum atomic E-state index is 12.4. The SMILES string of the molecule is CC[C@H](C)[C@H](NC(=O)CNC(=O)[C@@H](NC(=O)[C@@H](N)CCC(N)=O)C(C)C)C(=O)O. The summed E-state index contributed by atoms with van der Waals surface area (Å²) in [4.78, 5) is 58.6. The van der Waals surface area contributed by atoms with Gasteiger partial charge in [0.25, 0.3) is 0 Å². The second kappa shape index (κ2) is 12.7. The van der Waals surface area contributed by atoms with Crippen molar-refractivity contribution in [3.63, 3.8) is 0 Å². The Morgan fingerprint density at radius 3 is 2.00 bits per heavy atom. The molecule has 4 amide bonds. The number of nitrogens with one attached hydrogen (secondary N) is 3. The third-order valence-corrected chi connectivity index (χ3v) is 4.50. The predicted molar refractivity (Wildman–Crippen MR) is 105 cm³/mol. The summed E-state index contributed by atoms with van der Waals surface area (Å²) in [7, 11) is 0. The van der Waals surface area contributed by atoms with Gasteiger partial charge in [0.15, 0.2) is 0 Å². The molecule has 0 aliphatic carbocycles. The van der Waals surface area contributed by atoms with Crippen molar-refractivity contribution in [3.8, 4) is 0 Å². The van der Waals surface area contributed by atoms with E-state index in [0.717, 1.165) is 0 Å². The number of carbonyl (C=O) groups is 5. The van der Waals surface area contributed by atoms with Gasteiger partial charge in [0.2, 0.25) is 23.6 Å². The molecule has 0 unspecified atom stereocenters. The van der Waals surface area contributed by atoms with Crippen LogP contribution in [-0.2, 0) is 24.0 Å². The molecule has 0 spiro atoms. The molecule has 0 aromatic rings. The quantitative estimate of drug-likeness (QED) is 0.209. The van der Waals surface area contributed by atoms with E-state index in [0.29, 0.717) is 6.42 Å². The van der Waals surface area contributed by atoms with Crippen LogP contribution in [0, 0.1) is 11.8 Å². The minimum absolute atomic E-state index is 0.0438. The molecule has 11 nitrogen and oxygen atoms in total. The van der Waals surface area contributed by atoms with Crippen molar-refractivity contribution in [1.82, 2.24) is 16.0 Å². The molecule has 4 atom stereocenters. The van der Waals surface area contributed by atoms with Gasteiger partial charge in [-0.2, -0.15) is 0 Å². The molecule has 0 aromatic heterocycles. The maximum Gasteiger partial charge on any atom is 0.326 e. The molecule has 0 aliphatic rings. The first-order valence-corrected chi connectivity index (χ1v) is 9.54. The Kier molecular flexibility index (Phi) is 11.5. The highest BCUT2D eigenvalue weighted by atomic mass is 16.4. The average molecular weight is 415 g/mol. The summed E-state index contributed by atoms with van der Waals surface area (Å²) in [5, 5.41) is 16.5. The number of carboxylic acids is 1. The number of primary amides is 1. The molecular weight excluding hydrogens is 382 g/mol. The average Bonchev–Trinajstić information content (AvgIpc) is 2.64. The van der Waals surface area contributed by atoms with Crippen molar-refractivity contribution in [2.45, 2.75) is 65.1 Å². The molecule has 8 N–H and O–H groups in total. The third kappa shape index (κ3) is 9.88. The maximum absolute atomic E-state index is 12.4. The molecule has 0 saturated heterocycles. The van der Waals surface area contributed by atoms with E-state index in [1.807, 2.05) is 0 Å². The van der Waals surface area contributed by atoms with Gasteiger partial charge in [-0.1, -0.05) is 34.1 Å². The molecular formula is C18H33N5O6. The predicted octanol–water partition coefficient (Wildman–Crippen LogP) is -1.55. The highest BCUT2D eigenvalue weighted by Crippen LogP contribution is 2.08. The van der Waals surface area contributed by atoms with E-state index < -0.39 is 54.3 Å². The Labute approximate surface area is 170 Å². The normalized spacial score (nSPS) is 15.0. The lowest BCUT2D eigenvalue weighted by Gasteiger charge is -2.24. The summed E-state index contributed by atoms with van der Waals surface area (Å²) in [6.45, 7) is 6.46. The van der Waals surface area contributed by atoms with Crippen molar-refractivity contribution in [2.24, 2.45) is 23.3 Å². The first kappa shape index (κ1) is 26.3. The van der Waals surface area contributed by atoms with Gasteiger partial charge in [0.05, 0.1) is 12.6 Å². The van der Waals surface area contributed by atoms with Gasteiger partial charge in [-0.05, 0) is 18.3 Å². The molecule has 0 fully saturated rings. The molecule has 166 valence electrons. The van der Waals surface area contributed by atoms with Gasteiger partial charge in [-0.25, -0.2) is 4.79 Å². The molecule has 11 heteroatoms. The van der Waals surface area contributed by atoms with Crippen LogP contribution >= 0.6 is 0 Å². The minimum atomic E-state index is -1.16. The summed E-state index contributed by atoms with van der Waals surface area (Å²) in [6.07, 6.45) is 0.539. The van der Waals surface area contributed by atoms with Gasteiger partial charge in [0.1, 0.15) is 12.1 Å². The van der Waals surface area contributed by atoms with E-state index in [1.54, 1.807) is 27.7 Å². The Morgan fingerprint density at radius 1 is 0.966 bits per heavy atom. The smallest absolute Gasteiger partial charge is 0.326 e. The van der Waals surface area contributed by atoms with E-state index in [4.69, 9.17) is 11.5 Å². The first-order chi connectivity index (χ1) is 13.4. The van der Waals surface area contributed by atoms with Crippen LogP contribution in [0.5, 0.6) is 0 Å². The molecule has 0 aliphatic heterocycles. The summed E-state index contributed by atoms with van der Waals surface area (Å²) in [5.41, 5.74) is 10.7. The fraction of sp³-hybridized carbons (Fsp3) is 0.722. The Bertz CT molecular complexity index is 610. The lowest BCUT2D eigenvalue weighted by Crippen LogP contribution is -2.55. The molecule has 0 aromatic carbocycles. The van der Waals surface area contributed by atoms with E-state index in [1.165, 1.54) is 0 Å². The fourth-order valence-electron chi connectivity index (χ4n) is 2.41. The lowest BCUT2D eigenvalue weighted by atomic mass is 9.99. The number of carboxylic acid groups (broad SMARTS) is 1. The number of hydrogen-bond acceptors (Lipinski definition) is 6. The van der Waals surface area contributed by atoms with Gasteiger partial charge in [-0.3, -0.25) is 19.2 Å². The highest BCUT2D eigenvalue weighted by molar-refractivity contribution is 5.92. The Morgan fingerprint density at radius 2 is 1.55 bits per heavy atom. The minimum Gasteiger partial charge on any atom is -0.480 e. The standard InChI is InChI=1S/C18H33N5O6/c1-5-10(4)15(18(28)29)22-13(25)8-21-17(27)14(9(2)3)23-16(26)11(19)6-7-12(20)24/h9-11,14-15H,5-8,19H2,1-4H3,(H2,20,24)(H,21,27)(H,22,25)(H,23,26)(H,28,29)/t10-,11-,14-,15-/m0/s1. The van der Waals surface area contributed by atoms with Crippen molar-refractivity contribution in [1.29, 1.82) is 0 Å². The van der Waals surface area contributed by atoms with E-state index in [2.05, 4.69) is 16.0 Å². The largest absolute Gasteiger partial charge is 0.480 e. The Balaban J connectivity index is 4.78. The van der Waals surface area contributed by atoms with Crippen molar-refractivity contribution >= 4 is 29.6 Å². The summed E-state index contributed by atoms with van der Waals surface area (Å²) < 4.78 is 0. The number of carbonyl (C=O) groups excluding carboxylic acids is 4. The van der Waals surface area contributed by atoms with Gasteiger partial charge in [-0.15, -0.1) is 0 Å². The first-order valence-electron chi connectivity index (χ1n) is 9.54. The number of hydrogen-bond donors (Lipinski definition) is 6. The zero-order valence-electron chi connectivity index (χ0n) is 17.4. The lowest BCUT2D eigenvalue weighted by molar-refractivity contribution is -0.143. The van der Waals surface area contributed by atoms with Crippen LogP contribution in [0.15, 0.2) is 0 Å². The van der Waals surface area contributed by atoms with Crippen LogP contribution < -0.4 is 27.4 Å². The summed E-state index contributed by atoms with van der Waals surface area (Å²) in [6, 6.07) is -3.03. The topological polar surface area (TPSA) is 194 Å². The van der Waals surface area contributed by atoms with Crippen LogP contribution in [-0.4, -0.2) is 59.4 Å². The highest BCUT2D eigenvalue weighted by Gasteiger charge is 2.28. The molecule has 0 saturated carbocycles. The van der Waals surface area contributed by atoms with Crippen LogP contribution in [0.25, 0.3) is 0 Å². The number of amides is 4. The van der Waals surface area contributed by atoms with E-state index in [9.17, 15) is 29.1 Å². The fourth-order valence-corrected chi connectivity index (χ4v) is 2.41. The van der Waals surface area contributed by atoms with Crippen molar-refractivity contribution in [2.75, 3.05) is 6.54 Å². The third-order valence-electron chi connectivity index (χ3n) is 4.50. The second-order valence-electron chi connectivity index (χ2n) is 7.33. The monoisotopic (exact) mass is 415 g/mol.